The molecular formula is C26H38N2O4S. The predicted molar refractivity (Wildman–Crippen MR) is 136 cm³/mol. The number of hydrogen-bond acceptors (Lipinski definition) is 4. The Morgan fingerprint density at radius 1 is 1.00 bits per heavy atom. The van der Waals surface area contributed by atoms with Crippen LogP contribution in [0.2, 0.25) is 0 Å². The summed E-state index contributed by atoms with van der Waals surface area (Å²) in [6, 6.07) is 8.36. The van der Waals surface area contributed by atoms with Gasteiger partial charge in [-0.25, -0.2) is 8.42 Å². The highest BCUT2D eigenvalue weighted by Gasteiger charge is 2.32. The molecule has 0 aliphatic heterocycles. The normalized spacial score (nSPS) is 13.5. The topological polar surface area (TPSA) is 75.7 Å². The van der Waals surface area contributed by atoms with Gasteiger partial charge in [-0.15, -0.1) is 0 Å². The second kappa shape index (κ2) is 10.6. The minimum absolute atomic E-state index is 0.260. The first kappa shape index (κ1) is 26.7. The smallest absolute Gasteiger partial charge is 0.244 e. The molecule has 1 amide bonds. The Labute approximate surface area is 199 Å². The van der Waals surface area contributed by atoms with Crippen molar-refractivity contribution in [3.63, 3.8) is 0 Å². The number of sulfonamides is 1. The highest BCUT2D eigenvalue weighted by Crippen LogP contribution is 2.32. The lowest BCUT2D eigenvalue weighted by Gasteiger charge is -2.31. The van der Waals surface area contributed by atoms with Crippen LogP contribution >= 0.6 is 0 Å². The molecule has 0 aliphatic carbocycles. The molecule has 0 spiro atoms. The fourth-order valence-electron chi connectivity index (χ4n) is 4.12. The van der Waals surface area contributed by atoms with Crippen LogP contribution in [0.25, 0.3) is 0 Å². The molecule has 2 rings (SSSR count). The Kier molecular flexibility index (Phi) is 8.57. The number of hydrogen-bond donors (Lipinski definition) is 1. The SMILES string of the molecule is CC[C@@H](C(=O)N[C@@H](C)c1cc(C(C)C)c(OC)cc1C)N(c1ccc(C)c(C)c1)S(C)(=O)=O. The number of benzene rings is 2. The lowest BCUT2D eigenvalue weighted by atomic mass is 9.93. The van der Waals surface area contributed by atoms with Crippen molar-refractivity contribution in [2.45, 2.75) is 72.9 Å². The van der Waals surface area contributed by atoms with Crippen molar-refractivity contribution in [2.24, 2.45) is 0 Å². The van der Waals surface area contributed by atoms with Crippen molar-refractivity contribution in [3.05, 3.63) is 58.1 Å². The summed E-state index contributed by atoms with van der Waals surface area (Å²) in [5, 5.41) is 3.05. The van der Waals surface area contributed by atoms with Gasteiger partial charge in [0.1, 0.15) is 11.8 Å². The molecule has 0 unspecified atom stereocenters. The number of rotatable bonds is 9. The van der Waals surface area contributed by atoms with Crippen LogP contribution in [0.15, 0.2) is 30.3 Å². The van der Waals surface area contributed by atoms with E-state index in [0.717, 1.165) is 39.8 Å². The van der Waals surface area contributed by atoms with E-state index in [1.807, 2.05) is 52.8 Å². The van der Waals surface area contributed by atoms with Crippen molar-refractivity contribution in [2.75, 3.05) is 17.7 Å². The highest BCUT2D eigenvalue weighted by molar-refractivity contribution is 7.92. The lowest BCUT2D eigenvalue weighted by Crippen LogP contribution is -2.49. The van der Waals surface area contributed by atoms with E-state index in [-0.39, 0.29) is 17.9 Å². The summed E-state index contributed by atoms with van der Waals surface area (Å²) in [7, 11) is -2.03. The first-order valence-corrected chi connectivity index (χ1v) is 13.2. The minimum Gasteiger partial charge on any atom is -0.496 e. The Hall–Kier alpha value is -2.54. The number of carbonyl (C=O) groups excluding carboxylic acids is 1. The molecule has 0 saturated carbocycles. The van der Waals surface area contributed by atoms with E-state index in [1.165, 1.54) is 4.31 Å². The maximum atomic E-state index is 13.4. The molecule has 0 aliphatic rings. The molecule has 1 N–H and O–H groups in total. The van der Waals surface area contributed by atoms with Gasteiger partial charge in [0.15, 0.2) is 0 Å². The van der Waals surface area contributed by atoms with E-state index in [1.54, 1.807) is 13.2 Å². The largest absolute Gasteiger partial charge is 0.496 e. The zero-order valence-electron chi connectivity index (χ0n) is 21.3. The summed E-state index contributed by atoms with van der Waals surface area (Å²) >= 11 is 0. The van der Waals surface area contributed by atoms with E-state index in [0.29, 0.717) is 12.1 Å². The molecule has 0 saturated heterocycles. The highest BCUT2D eigenvalue weighted by atomic mass is 32.2. The summed E-state index contributed by atoms with van der Waals surface area (Å²) < 4.78 is 32.3. The minimum atomic E-state index is -3.68. The standard InChI is InChI=1S/C26H38N2O4S/c1-10-24(28(33(9,30)31)21-12-11-17(4)18(5)13-21)26(29)27-20(7)23-15-22(16(2)3)25(32-8)14-19(23)6/h11-16,20,24H,10H2,1-9H3,(H,27,29)/t20-,24-/m0/s1. The molecule has 6 nitrogen and oxygen atoms in total. The van der Waals surface area contributed by atoms with Gasteiger partial charge in [0.2, 0.25) is 15.9 Å². The van der Waals surface area contributed by atoms with Gasteiger partial charge in [-0.1, -0.05) is 26.8 Å². The lowest BCUT2D eigenvalue weighted by molar-refractivity contribution is -0.122. The van der Waals surface area contributed by atoms with E-state index >= 15 is 0 Å². The molecule has 0 bridgehead atoms. The summed E-state index contributed by atoms with van der Waals surface area (Å²) in [4.78, 5) is 13.4. The molecule has 0 heterocycles. The fraction of sp³-hybridized carbons (Fsp3) is 0.500. The summed E-state index contributed by atoms with van der Waals surface area (Å²) in [6.07, 6.45) is 1.49. The molecule has 0 fully saturated rings. The van der Waals surface area contributed by atoms with E-state index in [9.17, 15) is 13.2 Å². The van der Waals surface area contributed by atoms with Crippen molar-refractivity contribution < 1.29 is 17.9 Å². The number of nitrogens with zero attached hydrogens (tertiary/aromatic N) is 1. The summed E-state index contributed by atoms with van der Waals surface area (Å²) in [6.45, 7) is 13.8. The Bertz CT molecular complexity index is 1110. The van der Waals surface area contributed by atoms with Crippen LogP contribution in [0, 0.1) is 20.8 Å². The van der Waals surface area contributed by atoms with E-state index in [4.69, 9.17) is 4.74 Å². The van der Waals surface area contributed by atoms with Crippen molar-refractivity contribution in [3.8, 4) is 5.75 Å². The molecule has 33 heavy (non-hydrogen) atoms. The maximum Gasteiger partial charge on any atom is 0.244 e. The second-order valence-corrected chi connectivity index (χ2v) is 10.9. The fourth-order valence-corrected chi connectivity index (χ4v) is 5.32. The molecular weight excluding hydrogens is 436 g/mol. The first-order chi connectivity index (χ1) is 15.3. The quantitative estimate of drug-likeness (QED) is 0.544. The average Bonchev–Trinajstić information content (AvgIpc) is 2.72. The third-order valence-electron chi connectivity index (χ3n) is 6.14. The Morgan fingerprint density at radius 3 is 2.12 bits per heavy atom. The van der Waals surface area contributed by atoms with Crippen molar-refractivity contribution in [1.82, 2.24) is 5.32 Å². The molecule has 2 aromatic rings. The van der Waals surface area contributed by atoms with E-state index in [2.05, 4.69) is 25.2 Å². The van der Waals surface area contributed by atoms with Crippen LogP contribution in [0.5, 0.6) is 5.75 Å². The third kappa shape index (κ3) is 6.08. The Balaban J connectivity index is 2.41. The summed E-state index contributed by atoms with van der Waals surface area (Å²) in [5.41, 5.74) is 5.59. The number of aryl methyl sites for hydroxylation is 3. The van der Waals surface area contributed by atoms with Crippen LogP contribution < -0.4 is 14.4 Å². The molecule has 0 aromatic heterocycles. The van der Waals surface area contributed by atoms with Crippen LogP contribution in [0.3, 0.4) is 0 Å². The number of nitrogens with one attached hydrogen (secondary N) is 1. The van der Waals surface area contributed by atoms with Crippen LogP contribution in [-0.4, -0.2) is 33.7 Å². The Morgan fingerprint density at radius 2 is 1.64 bits per heavy atom. The molecule has 182 valence electrons. The second-order valence-electron chi connectivity index (χ2n) is 9.09. The number of ether oxygens (including phenoxy) is 1. The van der Waals surface area contributed by atoms with Gasteiger partial charge < -0.3 is 10.1 Å². The molecule has 0 radical (unpaired) electrons. The zero-order chi connectivity index (χ0) is 25.1. The number of carbonyl (C=O) groups is 1. The van der Waals surface area contributed by atoms with Crippen molar-refractivity contribution >= 4 is 21.6 Å². The van der Waals surface area contributed by atoms with Gasteiger partial charge in [-0.3, -0.25) is 9.10 Å². The van der Waals surface area contributed by atoms with Gasteiger partial charge in [-0.05, 0) is 92.1 Å². The van der Waals surface area contributed by atoms with Gasteiger partial charge in [-0.2, -0.15) is 0 Å². The predicted octanol–water partition coefficient (Wildman–Crippen LogP) is 5.17. The molecule has 7 heteroatoms. The van der Waals surface area contributed by atoms with Gasteiger partial charge in [0, 0.05) is 0 Å². The van der Waals surface area contributed by atoms with Gasteiger partial charge in [0.25, 0.3) is 0 Å². The molecule has 2 atom stereocenters. The average molecular weight is 475 g/mol. The third-order valence-corrected chi connectivity index (χ3v) is 7.32. The van der Waals surface area contributed by atoms with Crippen molar-refractivity contribution in [1.29, 1.82) is 0 Å². The van der Waals surface area contributed by atoms with Gasteiger partial charge >= 0.3 is 0 Å². The number of anilines is 1. The van der Waals surface area contributed by atoms with E-state index < -0.39 is 16.1 Å². The zero-order valence-corrected chi connectivity index (χ0v) is 22.1. The van der Waals surface area contributed by atoms with Gasteiger partial charge in [0.05, 0.1) is 25.1 Å². The van der Waals surface area contributed by atoms with Crippen LogP contribution in [0.1, 0.15) is 73.9 Å². The monoisotopic (exact) mass is 474 g/mol. The first-order valence-electron chi connectivity index (χ1n) is 11.4. The number of amides is 1. The number of methoxy groups -OCH3 is 1. The summed E-state index contributed by atoms with van der Waals surface area (Å²) in [5.74, 6) is 0.764. The molecule has 2 aromatic carbocycles. The van der Waals surface area contributed by atoms with Crippen LogP contribution in [0.4, 0.5) is 5.69 Å². The van der Waals surface area contributed by atoms with Crippen LogP contribution in [-0.2, 0) is 14.8 Å². The maximum absolute atomic E-state index is 13.4.